The predicted octanol–water partition coefficient (Wildman–Crippen LogP) is -3.68. The fraction of sp³-hybridized carbons (Fsp3) is 0.647. The number of nitrogens with zero attached hydrogens (tertiary/aromatic N) is 1. The van der Waals surface area contributed by atoms with Crippen LogP contribution in [0.15, 0.2) is 0 Å². The molecule has 2 heterocycles. The van der Waals surface area contributed by atoms with Crippen LogP contribution in [-0.2, 0) is 28.7 Å². The van der Waals surface area contributed by atoms with Crippen molar-refractivity contribution in [2.75, 3.05) is 13.1 Å². The monoisotopic (exact) mass is 460 g/mol. The fourth-order valence-electron chi connectivity index (χ4n) is 3.16. The first-order valence-corrected chi connectivity index (χ1v) is 9.65. The molecule has 15 heteroatoms. The van der Waals surface area contributed by atoms with E-state index < -0.39 is 72.7 Å². The molecule has 0 saturated carbocycles. The molecule has 0 radical (unpaired) electrons. The topological polar surface area (TPSA) is 232 Å². The van der Waals surface area contributed by atoms with Crippen LogP contribution in [0.3, 0.4) is 0 Å². The third kappa shape index (κ3) is 6.35. The molecule has 1 unspecified atom stereocenters. The van der Waals surface area contributed by atoms with Gasteiger partial charge >= 0.3 is 18.0 Å². The van der Waals surface area contributed by atoms with Gasteiger partial charge in [-0.3, -0.25) is 29.4 Å². The van der Waals surface area contributed by atoms with Gasteiger partial charge in [-0.2, -0.15) is 0 Å². The molecule has 15 nitrogen and oxygen atoms in total. The molecule has 7 N–H and O–H groups in total. The molecule has 0 bridgehead atoms. The summed E-state index contributed by atoms with van der Waals surface area (Å²) in [6.07, 6.45) is -7.10. The van der Waals surface area contributed by atoms with Crippen molar-refractivity contribution in [3.63, 3.8) is 0 Å². The van der Waals surface area contributed by atoms with E-state index in [0.717, 1.165) is 4.90 Å². The molecule has 2 aliphatic rings. The largest absolute Gasteiger partial charge is 0.481 e. The van der Waals surface area contributed by atoms with Crippen LogP contribution in [0, 0.1) is 0 Å². The van der Waals surface area contributed by atoms with Crippen LogP contribution in [0.25, 0.3) is 0 Å². The number of ether oxygens (including phenoxy) is 1. The molecule has 0 aromatic heterocycles. The van der Waals surface area contributed by atoms with Crippen molar-refractivity contribution in [3.8, 4) is 0 Å². The first kappa shape index (κ1) is 25.0. The Hall–Kier alpha value is -3.30. The lowest BCUT2D eigenvalue weighted by Crippen LogP contribution is -2.56. The van der Waals surface area contributed by atoms with Crippen molar-refractivity contribution in [2.45, 2.75) is 56.3 Å². The Bertz CT molecular complexity index is 788. The lowest BCUT2D eigenvalue weighted by Gasteiger charge is -2.32. The standard InChI is InChI=1S/C17H24N4O11/c22-8(19-7(16(29)30)6-10(24)25)2-1-4-18-14(28)13-11(26)12(27)15(32-13)21-5-3-9(23)20-17(21)31/h7,11-13,15,26-27H,1-6H2,(H,18,28)(H,19,22)(H,24,25)(H,29,30)(H,20,23,31)/t7?,11-,12+,13-,15+/m0/s1. The van der Waals surface area contributed by atoms with Crippen LogP contribution in [0.1, 0.15) is 25.7 Å². The molecule has 0 spiro atoms. The van der Waals surface area contributed by atoms with E-state index in [9.17, 15) is 39.0 Å². The highest BCUT2D eigenvalue weighted by Crippen LogP contribution is 2.25. The van der Waals surface area contributed by atoms with Crippen LogP contribution in [0.4, 0.5) is 4.79 Å². The molecule has 0 aliphatic carbocycles. The predicted molar refractivity (Wildman–Crippen MR) is 99.6 cm³/mol. The third-order valence-electron chi connectivity index (χ3n) is 4.78. The van der Waals surface area contributed by atoms with Crippen LogP contribution >= 0.6 is 0 Å². The average Bonchev–Trinajstić information content (AvgIpc) is 2.99. The van der Waals surface area contributed by atoms with E-state index in [1.165, 1.54) is 0 Å². The Morgan fingerprint density at radius 1 is 1.16 bits per heavy atom. The highest BCUT2D eigenvalue weighted by atomic mass is 16.6. The number of nitrogens with one attached hydrogen (secondary N) is 3. The molecule has 2 saturated heterocycles. The van der Waals surface area contributed by atoms with Gasteiger partial charge in [0.2, 0.25) is 11.8 Å². The molecular formula is C17H24N4O11. The maximum Gasteiger partial charge on any atom is 0.326 e. The number of aliphatic carboxylic acids is 2. The molecule has 5 atom stereocenters. The van der Waals surface area contributed by atoms with E-state index in [1.54, 1.807) is 0 Å². The van der Waals surface area contributed by atoms with Crippen molar-refractivity contribution in [1.82, 2.24) is 20.9 Å². The minimum absolute atomic E-state index is 0.0391. The number of carbonyl (C=O) groups is 6. The van der Waals surface area contributed by atoms with E-state index in [0.29, 0.717) is 0 Å². The number of aliphatic hydroxyl groups excluding tert-OH is 2. The van der Waals surface area contributed by atoms with Gasteiger partial charge in [-0.1, -0.05) is 0 Å². The normalized spacial score (nSPS) is 26.2. The number of hydrogen-bond acceptors (Lipinski definition) is 9. The highest BCUT2D eigenvalue weighted by Gasteiger charge is 2.50. The maximum atomic E-state index is 12.3. The number of imide groups is 1. The summed E-state index contributed by atoms with van der Waals surface area (Å²) in [5.41, 5.74) is 0. The van der Waals surface area contributed by atoms with Gasteiger partial charge in [0.1, 0.15) is 18.2 Å². The summed E-state index contributed by atoms with van der Waals surface area (Å²) in [6.45, 7) is -0.142. The van der Waals surface area contributed by atoms with Gasteiger partial charge in [-0.05, 0) is 6.42 Å². The Labute approximate surface area is 180 Å². The van der Waals surface area contributed by atoms with E-state index >= 15 is 0 Å². The second-order valence-corrected chi connectivity index (χ2v) is 7.18. The Balaban J connectivity index is 1.78. The summed E-state index contributed by atoms with van der Waals surface area (Å²) in [5.74, 6) is -4.95. The smallest absolute Gasteiger partial charge is 0.326 e. The molecule has 0 aromatic rings. The highest BCUT2D eigenvalue weighted by molar-refractivity contribution is 5.96. The summed E-state index contributed by atoms with van der Waals surface area (Å²) >= 11 is 0. The molecule has 5 amide bonds. The van der Waals surface area contributed by atoms with Gasteiger partial charge in [0.15, 0.2) is 12.3 Å². The number of rotatable bonds is 10. The SMILES string of the molecule is O=C(O)CC(NC(=O)CCCNC(=O)[C@H]1O[C@@H](N2CCC(=O)NC2=O)[C@H](O)[C@@H]1O)C(=O)O. The zero-order valence-electron chi connectivity index (χ0n) is 16.7. The number of urea groups is 1. The van der Waals surface area contributed by atoms with Crippen molar-refractivity contribution in [3.05, 3.63) is 0 Å². The second kappa shape index (κ2) is 10.8. The van der Waals surface area contributed by atoms with E-state index in [-0.39, 0.29) is 32.4 Å². The molecular weight excluding hydrogens is 436 g/mol. The van der Waals surface area contributed by atoms with E-state index in [2.05, 4.69) is 10.6 Å². The molecule has 2 aliphatic heterocycles. The van der Waals surface area contributed by atoms with Crippen LogP contribution in [0.2, 0.25) is 0 Å². The van der Waals surface area contributed by atoms with Crippen LogP contribution < -0.4 is 16.0 Å². The van der Waals surface area contributed by atoms with Gasteiger partial charge in [-0.25, -0.2) is 9.59 Å². The minimum atomic E-state index is -1.65. The number of aliphatic hydroxyl groups is 2. The summed E-state index contributed by atoms with van der Waals surface area (Å²) in [4.78, 5) is 69.7. The lowest BCUT2D eigenvalue weighted by molar-refractivity contribution is -0.147. The molecule has 2 fully saturated rings. The quantitative estimate of drug-likeness (QED) is 0.157. The van der Waals surface area contributed by atoms with E-state index in [4.69, 9.17) is 14.9 Å². The first-order valence-electron chi connectivity index (χ1n) is 9.65. The maximum absolute atomic E-state index is 12.3. The van der Waals surface area contributed by atoms with Gasteiger partial charge in [0.25, 0.3) is 5.91 Å². The summed E-state index contributed by atoms with van der Waals surface area (Å²) in [5, 5.41) is 44.3. The Morgan fingerprint density at radius 2 is 1.84 bits per heavy atom. The fourth-order valence-corrected chi connectivity index (χ4v) is 3.16. The Morgan fingerprint density at radius 3 is 2.44 bits per heavy atom. The van der Waals surface area contributed by atoms with Crippen molar-refractivity contribution >= 4 is 35.7 Å². The van der Waals surface area contributed by atoms with Crippen molar-refractivity contribution < 1.29 is 53.9 Å². The number of carboxylic acid groups (broad SMARTS) is 2. The molecule has 0 aromatic carbocycles. The summed E-state index contributed by atoms with van der Waals surface area (Å²) < 4.78 is 5.33. The number of amides is 5. The minimum Gasteiger partial charge on any atom is -0.481 e. The lowest BCUT2D eigenvalue weighted by atomic mass is 10.1. The Kier molecular flexibility index (Phi) is 8.45. The van der Waals surface area contributed by atoms with Gasteiger partial charge in [-0.15, -0.1) is 0 Å². The zero-order chi connectivity index (χ0) is 24.0. The van der Waals surface area contributed by atoms with Crippen LogP contribution in [-0.4, -0.2) is 105 Å². The first-order chi connectivity index (χ1) is 15.0. The molecule has 2 rings (SSSR count). The van der Waals surface area contributed by atoms with E-state index in [1.807, 2.05) is 5.32 Å². The molecule has 178 valence electrons. The molecule has 32 heavy (non-hydrogen) atoms. The zero-order valence-corrected chi connectivity index (χ0v) is 16.7. The third-order valence-corrected chi connectivity index (χ3v) is 4.78. The second-order valence-electron chi connectivity index (χ2n) is 7.18. The van der Waals surface area contributed by atoms with Gasteiger partial charge in [0.05, 0.1) is 6.42 Å². The van der Waals surface area contributed by atoms with Crippen molar-refractivity contribution in [2.24, 2.45) is 0 Å². The van der Waals surface area contributed by atoms with Crippen molar-refractivity contribution in [1.29, 1.82) is 0 Å². The number of carboxylic acids is 2. The van der Waals surface area contributed by atoms with Crippen LogP contribution in [0.5, 0.6) is 0 Å². The summed E-state index contributed by atoms with van der Waals surface area (Å²) in [7, 11) is 0. The number of hydrogen-bond donors (Lipinski definition) is 7. The summed E-state index contributed by atoms with van der Waals surface area (Å²) in [6, 6.07) is -2.41. The number of carbonyl (C=O) groups excluding carboxylic acids is 4. The van der Waals surface area contributed by atoms with Gasteiger partial charge in [0, 0.05) is 25.9 Å². The average molecular weight is 460 g/mol. The van der Waals surface area contributed by atoms with Gasteiger partial charge < -0.3 is 35.8 Å².